The maximum Gasteiger partial charge on any atom is 0.412 e. The van der Waals surface area contributed by atoms with Gasteiger partial charge in [0.25, 0.3) is 0 Å². The summed E-state index contributed by atoms with van der Waals surface area (Å²) in [4.78, 5) is 22.1. The van der Waals surface area contributed by atoms with Gasteiger partial charge in [-0.3, -0.25) is 5.32 Å². The summed E-state index contributed by atoms with van der Waals surface area (Å²) < 4.78 is 40.7. The molecule has 0 saturated carbocycles. The van der Waals surface area contributed by atoms with E-state index < -0.39 is 30.4 Å². The maximum atomic E-state index is 12.0. The first-order chi connectivity index (χ1) is 9.78. The fourth-order valence-corrected chi connectivity index (χ4v) is 1.28. The van der Waals surface area contributed by atoms with E-state index in [1.807, 2.05) is 0 Å². The van der Waals surface area contributed by atoms with Crippen molar-refractivity contribution in [3.8, 4) is 0 Å². The van der Waals surface area contributed by atoms with Crippen LogP contribution in [0.25, 0.3) is 0 Å². The molecule has 0 saturated heterocycles. The zero-order chi connectivity index (χ0) is 15.9. The van der Waals surface area contributed by atoms with Crippen LogP contribution in [-0.2, 0) is 16.1 Å². The third kappa shape index (κ3) is 7.00. The molecule has 1 rings (SSSR count). The Bertz CT molecular complexity index is 526. The van der Waals surface area contributed by atoms with Crippen molar-refractivity contribution in [1.29, 1.82) is 0 Å². The number of carbonyl (C=O) groups is 2. The number of hydrogen-bond acceptors (Lipinski definition) is 3. The van der Waals surface area contributed by atoms with Crippen molar-refractivity contribution in [1.82, 2.24) is 5.32 Å². The minimum absolute atomic E-state index is 0.126. The Kier molecular flexibility index (Phi) is 5.77. The molecular weight excluding hydrogens is 291 g/mol. The SMILES string of the molecule is O=C(NC(=CCC(F)(F)F)C(=O)O)OCc1ccccc1. The number of nitrogens with one attached hydrogen (secondary N) is 1. The van der Waals surface area contributed by atoms with Crippen LogP contribution in [0.15, 0.2) is 42.1 Å². The normalized spacial score (nSPS) is 11.9. The molecule has 21 heavy (non-hydrogen) atoms. The summed E-state index contributed by atoms with van der Waals surface area (Å²) in [6.45, 7) is -0.126. The first kappa shape index (κ1) is 16.5. The van der Waals surface area contributed by atoms with Crippen LogP contribution in [0.2, 0.25) is 0 Å². The highest BCUT2D eigenvalue weighted by molar-refractivity contribution is 5.90. The second-order valence-electron chi connectivity index (χ2n) is 3.93. The second kappa shape index (κ2) is 7.32. The van der Waals surface area contributed by atoms with E-state index in [0.717, 1.165) is 0 Å². The van der Waals surface area contributed by atoms with Crippen molar-refractivity contribution in [2.45, 2.75) is 19.2 Å². The van der Waals surface area contributed by atoms with Gasteiger partial charge in [0.2, 0.25) is 0 Å². The lowest BCUT2D eigenvalue weighted by atomic mass is 10.2. The molecule has 0 aliphatic rings. The molecule has 1 aromatic carbocycles. The lowest BCUT2D eigenvalue weighted by Crippen LogP contribution is -2.28. The summed E-state index contributed by atoms with van der Waals surface area (Å²) in [6, 6.07) is 8.52. The van der Waals surface area contributed by atoms with E-state index in [-0.39, 0.29) is 6.61 Å². The van der Waals surface area contributed by atoms with E-state index in [1.54, 1.807) is 35.6 Å². The Morgan fingerprint density at radius 1 is 1.24 bits per heavy atom. The van der Waals surface area contributed by atoms with E-state index >= 15 is 0 Å². The van der Waals surface area contributed by atoms with Crippen molar-refractivity contribution >= 4 is 12.1 Å². The zero-order valence-corrected chi connectivity index (χ0v) is 10.7. The van der Waals surface area contributed by atoms with Gasteiger partial charge in [-0.05, 0) is 11.6 Å². The Balaban J connectivity index is 2.55. The smallest absolute Gasteiger partial charge is 0.412 e. The summed E-state index contributed by atoms with van der Waals surface area (Å²) in [6.07, 6.45) is -6.80. The van der Waals surface area contributed by atoms with Crippen LogP contribution >= 0.6 is 0 Å². The maximum absolute atomic E-state index is 12.0. The minimum Gasteiger partial charge on any atom is -0.477 e. The van der Waals surface area contributed by atoms with Crippen molar-refractivity contribution < 1.29 is 32.6 Å². The van der Waals surface area contributed by atoms with Gasteiger partial charge in [-0.15, -0.1) is 0 Å². The number of halogens is 3. The minimum atomic E-state index is -4.56. The number of ether oxygens (including phenoxy) is 1. The highest BCUT2D eigenvalue weighted by atomic mass is 19.4. The Labute approximate surface area is 118 Å². The Hall–Kier alpha value is -2.51. The number of carbonyl (C=O) groups excluding carboxylic acids is 1. The van der Waals surface area contributed by atoms with Crippen LogP contribution < -0.4 is 5.32 Å². The molecule has 0 bridgehead atoms. The van der Waals surface area contributed by atoms with Gasteiger partial charge in [-0.25, -0.2) is 9.59 Å². The average molecular weight is 303 g/mol. The third-order valence-corrected chi connectivity index (χ3v) is 2.22. The summed E-state index contributed by atoms with van der Waals surface area (Å²) in [5.41, 5.74) is -0.228. The summed E-state index contributed by atoms with van der Waals surface area (Å²) in [7, 11) is 0. The van der Waals surface area contributed by atoms with E-state index in [1.165, 1.54) is 0 Å². The van der Waals surface area contributed by atoms with Gasteiger partial charge < -0.3 is 9.84 Å². The quantitative estimate of drug-likeness (QED) is 0.820. The highest BCUT2D eigenvalue weighted by Gasteiger charge is 2.26. The van der Waals surface area contributed by atoms with Gasteiger partial charge in [-0.2, -0.15) is 13.2 Å². The molecule has 0 atom stereocenters. The van der Waals surface area contributed by atoms with Gasteiger partial charge in [0.15, 0.2) is 0 Å². The number of hydrogen-bond donors (Lipinski definition) is 2. The lowest BCUT2D eigenvalue weighted by molar-refractivity contribution is -0.133. The summed E-state index contributed by atoms with van der Waals surface area (Å²) >= 11 is 0. The Morgan fingerprint density at radius 3 is 2.38 bits per heavy atom. The second-order valence-corrected chi connectivity index (χ2v) is 3.93. The molecule has 5 nitrogen and oxygen atoms in total. The number of benzene rings is 1. The molecule has 114 valence electrons. The first-order valence-electron chi connectivity index (χ1n) is 5.76. The number of carboxylic acid groups (broad SMARTS) is 1. The number of alkyl carbamates (subject to hydrolysis) is 1. The molecule has 1 amide bonds. The van der Waals surface area contributed by atoms with Gasteiger partial charge in [0.05, 0.1) is 6.42 Å². The van der Waals surface area contributed by atoms with Crippen molar-refractivity contribution in [2.24, 2.45) is 0 Å². The molecule has 0 aliphatic heterocycles. The first-order valence-corrected chi connectivity index (χ1v) is 5.76. The monoisotopic (exact) mass is 303 g/mol. The Morgan fingerprint density at radius 2 is 1.86 bits per heavy atom. The van der Waals surface area contributed by atoms with Crippen LogP contribution in [0.3, 0.4) is 0 Å². The van der Waals surface area contributed by atoms with E-state index in [4.69, 9.17) is 9.84 Å². The molecule has 0 fully saturated rings. The van der Waals surface area contributed by atoms with Crippen molar-refractivity contribution in [3.63, 3.8) is 0 Å². The van der Waals surface area contributed by atoms with Crippen LogP contribution in [0.1, 0.15) is 12.0 Å². The van der Waals surface area contributed by atoms with E-state index in [2.05, 4.69) is 0 Å². The number of allylic oxidation sites excluding steroid dienone is 1. The zero-order valence-electron chi connectivity index (χ0n) is 10.7. The summed E-state index contributed by atoms with van der Waals surface area (Å²) in [5.74, 6) is -1.68. The predicted molar refractivity (Wildman–Crippen MR) is 66.2 cm³/mol. The number of alkyl halides is 3. The standard InChI is InChI=1S/C13H12F3NO4/c14-13(15,16)7-6-10(11(18)19)17-12(20)21-8-9-4-2-1-3-5-9/h1-6H,7-8H2,(H,17,20)(H,18,19). The van der Waals surface area contributed by atoms with Gasteiger partial charge >= 0.3 is 18.2 Å². The topological polar surface area (TPSA) is 75.6 Å². The predicted octanol–water partition coefficient (Wildman–Crippen LogP) is 2.83. The fourth-order valence-electron chi connectivity index (χ4n) is 1.28. The van der Waals surface area contributed by atoms with Gasteiger partial charge in [-0.1, -0.05) is 30.3 Å². The molecule has 0 radical (unpaired) electrons. The van der Waals surface area contributed by atoms with E-state index in [9.17, 15) is 22.8 Å². The molecule has 0 aromatic heterocycles. The van der Waals surface area contributed by atoms with E-state index in [0.29, 0.717) is 11.6 Å². The average Bonchev–Trinajstić information content (AvgIpc) is 2.41. The van der Waals surface area contributed by atoms with Crippen LogP contribution in [0, 0.1) is 0 Å². The van der Waals surface area contributed by atoms with Crippen LogP contribution in [0.5, 0.6) is 0 Å². The molecule has 8 heteroatoms. The molecule has 2 N–H and O–H groups in total. The van der Waals surface area contributed by atoms with Gasteiger partial charge in [0, 0.05) is 0 Å². The summed E-state index contributed by atoms with van der Waals surface area (Å²) in [5, 5.41) is 10.5. The van der Waals surface area contributed by atoms with Crippen molar-refractivity contribution in [2.75, 3.05) is 0 Å². The molecule has 0 heterocycles. The fraction of sp³-hybridized carbons (Fsp3) is 0.231. The number of aliphatic carboxylic acids is 1. The largest absolute Gasteiger partial charge is 0.477 e. The highest BCUT2D eigenvalue weighted by Crippen LogP contribution is 2.20. The van der Waals surface area contributed by atoms with Gasteiger partial charge in [0.1, 0.15) is 12.3 Å². The van der Waals surface area contributed by atoms with Crippen molar-refractivity contribution in [3.05, 3.63) is 47.7 Å². The lowest BCUT2D eigenvalue weighted by Gasteiger charge is -2.08. The third-order valence-electron chi connectivity index (χ3n) is 2.22. The molecular formula is C13H12F3NO4. The van der Waals surface area contributed by atoms with Crippen LogP contribution in [0.4, 0.5) is 18.0 Å². The van der Waals surface area contributed by atoms with Crippen LogP contribution in [-0.4, -0.2) is 23.3 Å². The number of carboxylic acids is 1. The molecule has 0 unspecified atom stereocenters. The molecule has 1 aromatic rings. The number of amides is 1. The molecule has 0 aliphatic carbocycles. The molecule has 0 spiro atoms. The number of rotatable bonds is 5.